The zero-order valence-corrected chi connectivity index (χ0v) is 17.1. The van der Waals surface area contributed by atoms with Gasteiger partial charge in [-0.3, -0.25) is 9.79 Å². The Morgan fingerprint density at radius 1 is 1.04 bits per heavy atom. The van der Waals surface area contributed by atoms with Crippen molar-refractivity contribution in [2.75, 3.05) is 26.2 Å². The van der Waals surface area contributed by atoms with Crippen molar-refractivity contribution < 1.29 is 4.79 Å². The van der Waals surface area contributed by atoms with Crippen molar-refractivity contribution in [3.05, 3.63) is 0 Å². The fourth-order valence-electron chi connectivity index (χ4n) is 5.13. The van der Waals surface area contributed by atoms with Crippen LogP contribution in [-0.2, 0) is 4.79 Å². The van der Waals surface area contributed by atoms with Gasteiger partial charge in [0.15, 0.2) is 5.96 Å². The highest BCUT2D eigenvalue weighted by Crippen LogP contribution is 2.49. The summed E-state index contributed by atoms with van der Waals surface area (Å²) in [6.45, 7) is 5.74. The van der Waals surface area contributed by atoms with Crippen LogP contribution in [0.3, 0.4) is 0 Å². The van der Waals surface area contributed by atoms with Gasteiger partial charge in [0.2, 0.25) is 5.91 Å². The normalized spacial score (nSPS) is 27.3. The molecule has 1 aliphatic heterocycles. The summed E-state index contributed by atoms with van der Waals surface area (Å²) in [6.07, 6.45) is 12.7. The first-order chi connectivity index (χ1) is 13.2. The van der Waals surface area contributed by atoms with Crippen molar-refractivity contribution in [1.29, 1.82) is 0 Å². The van der Waals surface area contributed by atoms with Crippen LogP contribution in [0.4, 0.5) is 0 Å². The molecule has 1 atom stereocenters. The van der Waals surface area contributed by atoms with Gasteiger partial charge in [0.1, 0.15) is 0 Å². The number of hydrogen-bond acceptors (Lipinski definition) is 2. The molecule has 5 nitrogen and oxygen atoms in total. The van der Waals surface area contributed by atoms with Crippen molar-refractivity contribution in [2.24, 2.45) is 28.7 Å². The maximum Gasteiger partial charge on any atom is 0.225 e. The van der Waals surface area contributed by atoms with Gasteiger partial charge in [-0.05, 0) is 69.6 Å². The number of guanidine groups is 1. The Hall–Kier alpha value is -1.26. The van der Waals surface area contributed by atoms with Crippen LogP contribution in [0.15, 0.2) is 4.99 Å². The Kier molecular flexibility index (Phi) is 6.24. The highest BCUT2D eigenvalue weighted by molar-refractivity contribution is 5.81. The standard InChI is InChI=1S/C22H38N4O/c1-2-23-22(24-14-20(16-8-9-16)17-10-11-17)25-19-12-13-26(15-19)21(27)18-6-4-3-5-7-18/h16-20H,2-15H2,1H3,(H2,23,24,25). The molecule has 0 spiro atoms. The fourth-order valence-corrected chi connectivity index (χ4v) is 5.13. The Balaban J connectivity index is 1.28. The van der Waals surface area contributed by atoms with Crippen molar-refractivity contribution in [1.82, 2.24) is 15.5 Å². The molecule has 0 aromatic carbocycles. The van der Waals surface area contributed by atoms with Gasteiger partial charge < -0.3 is 15.5 Å². The summed E-state index contributed by atoms with van der Waals surface area (Å²) < 4.78 is 0. The first-order valence-corrected chi connectivity index (χ1v) is 11.6. The first kappa shape index (κ1) is 19.1. The van der Waals surface area contributed by atoms with Crippen molar-refractivity contribution >= 4 is 11.9 Å². The van der Waals surface area contributed by atoms with Crippen molar-refractivity contribution in [3.8, 4) is 0 Å². The minimum atomic E-state index is 0.289. The van der Waals surface area contributed by atoms with Crippen LogP contribution in [0.1, 0.15) is 71.1 Å². The summed E-state index contributed by atoms with van der Waals surface area (Å²) in [4.78, 5) is 19.8. The third-order valence-electron chi connectivity index (χ3n) is 7.05. The van der Waals surface area contributed by atoms with Gasteiger partial charge in [0.05, 0.1) is 0 Å². The molecule has 0 aromatic rings. The number of nitrogens with zero attached hydrogens (tertiary/aromatic N) is 2. The zero-order valence-electron chi connectivity index (χ0n) is 17.1. The molecule has 5 heteroatoms. The summed E-state index contributed by atoms with van der Waals surface area (Å²) in [5.74, 6) is 4.35. The molecule has 4 aliphatic rings. The van der Waals surface area contributed by atoms with E-state index in [2.05, 4.69) is 22.5 Å². The number of hydrogen-bond donors (Lipinski definition) is 2. The molecule has 3 aliphatic carbocycles. The van der Waals surface area contributed by atoms with Crippen LogP contribution in [-0.4, -0.2) is 49.0 Å². The molecular weight excluding hydrogens is 336 g/mol. The van der Waals surface area contributed by atoms with E-state index in [0.29, 0.717) is 11.9 Å². The van der Waals surface area contributed by atoms with Crippen LogP contribution < -0.4 is 10.6 Å². The van der Waals surface area contributed by atoms with Gasteiger partial charge >= 0.3 is 0 Å². The second-order valence-corrected chi connectivity index (χ2v) is 9.31. The van der Waals surface area contributed by atoms with Crippen LogP contribution in [0.2, 0.25) is 0 Å². The number of rotatable bonds is 7. The summed E-state index contributed by atoms with van der Waals surface area (Å²) >= 11 is 0. The van der Waals surface area contributed by atoms with Crippen LogP contribution in [0, 0.1) is 23.7 Å². The molecule has 1 unspecified atom stereocenters. The molecule has 0 radical (unpaired) electrons. The molecule has 1 saturated heterocycles. The average molecular weight is 375 g/mol. The summed E-state index contributed by atoms with van der Waals surface area (Å²) in [7, 11) is 0. The predicted molar refractivity (Wildman–Crippen MR) is 110 cm³/mol. The van der Waals surface area contributed by atoms with E-state index in [1.807, 2.05) is 0 Å². The van der Waals surface area contributed by atoms with E-state index in [-0.39, 0.29) is 5.92 Å². The molecular formula is C22H38N4O. The monoisotopic (exact) mass is 374 g/mol. The third kappa shape index (κ3) is 5.17. The number of aliphatic imine (C=N–C) groups is 1. The van der Waals surface area contributed by atoms with E-state index < -0.39 is 0 Å². The van der Waals surface area contributed by atoms with Gasteiger partial charge in [-0.15, -0.1) is 0 Å². The molecule has 2 N–H and O–H groups in total. The predicted octanol–water partition coefficient (Wildman–Crippen LogP) is 3.16. The van der Waals surface area contributed by atoms with Crippen molar-refractivity contribution in [3.63, 3.8) is 0 Å². The summed E-state index contributed by atoms with van der Waals surface area (Å²) in [5, 5.41) is 7.05. The van der Waals surface area contributed by atoms with E-state index in [9.17, 15) is 4.79 Å². The Morgan fingerprint density at radius 3 is 2.37 bits per heavy atom. The minimum Gasteiger partial charge on any atom is -0.357 e. The van der Waals surface area contributed by atoms with E-state index in [1.54, 1.807) is 0 Å². The zero-order chi connectivity index (χ0) is 18.6. The smallest absolute Gasteiger partial charge is 0.225 e. The maximum atomic E-state index is 12.8. The maximum absolute atomic E-state index is 12.8. The van der Waals surface area contributed by atoms with E-state index in [4.69, 9.17) is 4.99 Å². The Bertz CT molecular complexity index is 522. The van der Waals surface area contributed by atoms with Gasteiger partial charge in [0, 0.05) is 38.1 Å². The largest absolute Gasteiger partial charge is 0.357 e. The molecule has 3 saturated carbocycles. The lowest BCUT2D eigenvalue weighted by molar-refractivity contribution is -0.135. The summed E-state index contributed by atoms with van der Waals surface area (Å²) in [5.41, 5.74) is 0. The van der Waals surface area contributed by atoms with Crippen molar-refractivity contribution in [2.45, 2.75) is 77.2 Å². The molecule has 0 bridgehead atoms. The molecule has 1 heterocycles. The second-order valence-electron chi connectivity index (χ2n) is 9.31. The highest BCUT2D eigenvalue weighted by atomic mass is 16.2. The molecule has 152 valence electrons. The molecule has 27 heavy (non-hydrogen) atoms. The molecule has 1 amide bonds. The Morgan fingerprint density at radius 2 is 1.74 bits per heavy atom. The molecule has 4 rings (SSSR count). The lowest BCUT2D eigenvalue weighted by Crippen LogP contribution is -2.45. The van der Waals surface area contributed by atoms with Gasteiger partial charge in [-0.2, -0.15) is 0 Å². The Labute approximate surface area is 164 Å². The SMILES string of the molecule is CCNC(=NCC(C1CC1)C1CC1)NC1CCN(C(=O)C2CCCCC2)C1. The number of carbonyl (C=O) groups is 1. The van der Waals surface area contributed by atoms with Crippen LogP contribution in [0.25, 0.3) is 0 Å². The number of amides is 1. The molecule has 0 aromatic heterocycles. The van der Waals surface area contributed by atoms with Crippen LogP contribution in [0.5, 0.6) is 0 Å². The van der Waals surface area contributed by atoms with Gasteiger partial charge in [-0.25, -0.2) is 0 Å². The quantitative estimate of drug-likeness (QED) is 0.532. The lowest BCUT2D eigenvalue weighted by atomic mass is 9.88. The first-order valence-electron chi connectivity index (χ1n) is 11.6. The topological polar surface area (TPSA) is 56.7 Å². The third-order valence-corrected chi connectivity index (χ3v) is 7.05. The second kappa shape index (κ2) is 8.83. The summed E-state index contributed by atoms with van der Waals surface area (Å²) in [6, 6.07) is 0.343. The number of likely N-dealkylation sites (tertiary alicyclic amines) is 1. The minimum absolute atomic E-state index is 0.289. The van der Waals surface area contributed by atoms with Gasteiger partial charge in [0.25, 0.3) is 0 Å². The van der Waals surface area contributed by atoms with E-state index in [0.717, 1.165) is 69.2 Å². The lowest BCUT2D eigenvalue weighted by Gasteiger charge is -2.26. The van der Waals surface area contributed by atoms with Gasteiger partial charge in [-0.1, -0.05) is 19.3 Å². The number of nitrogens with one attached hydrogen (secondary N) is 2. The molecule has 4 fully saturated rings. The van der Waals surface area contributed by atoms with E-state index in [1.165, 1.54) is 44.9 Å². The van der Waals surface area contributed by atoms with E-state index >= 15 is 0 Å². The van der Waals surface area contributed by atoms with Crippen LogP contribution >= 0.6 is 0 Å². The fraction of sp³-hybridized carbons (Fsp3) is 0.909. The highest BCUT2D eigenvalue weighted by Gasteiger charge is 2.41. The number of carbonyl (C=O) groups excluding carboxylic acids is 1. The average Bonchev–Trinajstić information content (AvgIpc) is 3.62.